The molecule has 0 saturated carbocycles. The lowest BCUT2D eigenvalue weighted by molar-refractivity contribution is 0.516. The van der Waals surface area contributed by atoms with Gasteiger partial charge in [-0.05, 0) is 34.1 Å². The van der Waals surface area contributed by atoms with E-state index in [4.69, 9.17) is 27.6 Å². The quantitative estimate of drug-likeness (QED) is 0.842. The summed E-state index contributed by atoms with van der Waals surface area (Å²) < 4.78 is 19.0. The van der Waals surface area contributed by atoms with E-state index in [9.17, 15) is 4.39 Å². The molecule has 6 heteroatoms. The van der Waals surface area contributed by atoms with Gasteiger partial charge in [0, 0.05) is 0 Å². The Bertz CT molecular complexity index is 521. The summed E-state index contributed by atoms with van der Waals surface area (Å²) in [5.74, 6) is 0.242. The van der Waals surface area contributed by atoms with E-state index in [1.807, 2.05) is 0 Å². The van der Waals surface area contributed by atoms with E-state index in [2.05, 4.69) is 21.2 Å². The molecule has 2 rings (SSSR count). The van der Waals surface area contributed by atoms with Crippen LogP contribution in [-0.4, -0.2) is 0 Å². The van der Waals surface area contributed by atoms with Gasteiger partial charge >= 0.3 is 0 Å². The van der Waals surface area contributed by atoms with Gasteiger partial charge in [-0.25, -0.2) is 4.39 Å². The highest BCUT2D eigenvalue weighted by Gasteiger charge is 2.10. The second-order valence-electron chi connectivity index (χ2n) is 3.29. The van der Waals surface area contributed by atoms with Gasteiger partial charge in [-0.3, -0.25) is 0 Å². The van der Waals surface area contributed by atoms with Crippen LogP contribution in [0.3, 0.4) is 0 Å². The van der Waals surface area contributed by atoms with Crippen molar-refractivity contribution >= 4 is 44.8 Å². The predicted octanol–water partition coefficient (Wildman–Crippen LogP) is 5.10. The molecule has 0 fully saturated rings. The van der Waals surface area contributed by atoms with Gasteiger partial charge in [0.15, 0.2) is 0 Å². The predicted molar refractivity (Wildman–Crippen MR) is 70.2 cm³/mol. The van der Waals surface area contributed by atoms with E-state index >= 15 is 0 Å². The van der Waals surface area contributed by atoms with Gasteiger partial charge < -0.3 is 9.73 Å². The summed E-state index contributed by atoms with van der Waals surface area (Å²) in [5, 5.41) is 3.47. The van der Waals surface area contributed by atoms with Gasteiger partial charge in [0.05, 0.1) is 33.0 Å². The molecular formula is C11H7BrCl2FNO. The fraction of sp³-hybridized carbons (Fsp3) is 0.0909. The zero-order valence-electron chi connectivity index (χ0n) is 8.44. The van der Waals surface area contributed by atoms with Crippen LogP contribution in [0.4, 0.5) is 10.1 Å². The highest BCUT2D eigenvalue weighted by molar-refractivity contribution is 9.10. The SMILES string of the molecule is Fc1cc(Cl)c(NCc2occc2Br)c(Cl)c1. The van der Waals surface area contributed by atoms with Crippen molar-refractivity contribution in [2.45, 2.75) is 6.54 Å². The third kappa shape index (κ3) is 2.94. The summed E-state index contributed by atoms with van der Waals surface area (Å²) in [6.45, 7) is 0.401. The number of furan rings is 1. The van der Waals surface area contributed by atoms with Crippen molar-refractivity contribution in [3.05, 3.63) is 50.6 Å². The Hall–Kier alpha value is -0.710. The largest absolute Gasteiger partial charge is 0.466 e. The molecule has 0 amide bonds. The molecule has 1 aromatic heterocycles. The molecule has 1 heterocycles. The fourth-order valence-corrected chi connectivity index (χ4v) is 2.27. The number of hydrogen-bond acceptors (Lipinski definition) is 2. The molecule has 0 aliphatic carbocycles. The number of anilines is 1. The minimum Gasteiger partial charge on any atom is -0.466 e. The first-order valence-electron chi connectivity index (χ1n) is 4.68. The van der Waals surface area contributed by atoms with E-state index in [-0.39, 0.29) is 10.0 Å². The van der Waals surface area contributed by atoms with E-state index < -0.39 is 5.82 Å². The first kappa shape index (κ1) is 12.7. The summed E-state index contributed by atoms with van der Waals surface area (Å²) in [6.07, 6.45) is 1.56. The van der Waals surface area contributed by atoms with Gasteiger partial charge in [0.25, 0.3) is 0 Å². The van der Waals surface area contributed by atoms with Gasteiger partial charge in [0.1, 0.15) is 11.6 Å². The number of hydrogen-bond donors (Lipinski definition) is 1. The minimum atomic E-state index is -0.468. The summed E-state index contributed by atoms with van der Waals surface area (Å²) >= 11 is 15.1. The zero-order chi connectivity index (χ0) is 12.4. The van der Waals surface area contributed by atoms with Crippen molar-refractivity contribution in [1.82, 2.24) is 0 Å². The summed E-state index contributed by atoms with van der Waals surface area (Å²) in [6, 6.07) is 4.19. The number of rotatable bonds is 3. The van der Waals surface area contributed by atoms with Crippen LogP contribution in [0.5, 0.6) is 0 Å². The molecule has 90 valence electrons. The molecule has 0 bridgehead atoms. The van der Waals surface area contributed by atoms with Gasteiger partial charge in [-0.1, -0.05) is 23.2 Å². The van der Waals surface area contributed by atoms with Crippen molar-refractivity contribution in [3.63, 3.8) is 0 Å². The molecule has 1 N–H and O–H groups in total. The van der Waals surface area contributed by atoms with Gasteiger partial charge in [-0.15, -0.1) is 0 Å². The maximum absolute atomic E-state index is 13.0. The van der Waals surface area contributed by atoms with Crippen LogP contribution in [-0.2, 0) is 6.54 Å². The summed E-state index contributed by atoms with van der Waals surface area (Å²) in [5.41, 5.74) is 0.484. The van der Waals surface area contributed by atoms with E-state index in [1.54, 1.807) is 12.3 Å². The normalized spacial score (nSPS) is 10.6. The van der Waals surface area contributed by atoms with Crippen LogP contribution in [0.15, 0.2) is 33.4 Å². The second kappa shape index (κ2) is 5.29. The van der Waals surface area contributed by atoms with Gasteiger partial charge in [-0.2, -0.15) is 0 Å². The minimum absolute atomic E-state index is 0.234. The van der Waals surface area contributed by atoms with Crippen molar-refractivity contribution < 1.29 is 8.81 Å². The standard InChI is InChI=1S/C11H7BrCl2FNO/c12-7-1-2-17-10(7)5-16-11-8(13)3-6(15)4-9(11)14/h1-4,16H,5H2. The molecule has 1 aromatic carbocycles. The molecule has 17 heavy (non-hydrogen) atoms. The van der Waals surface area contributed by atoms with Crippen molar-refractivity contribution in [2.24, 2.45) is 0 Å². The van der Waals surface area contributed by atoms with E-state index in [0.717, 1.165) is 4.47 Å². The average molecular weight is 339 g/mol. The smallest absolute Gasteiger partial charge is 0.136 e. The average Bonchev–Trinajstić information content (AvgIpc) is 2.62. The zero-order valence-corrected chi connectivity index (χ0v) is 11.5. The maximum atomic E-state index is 13.0. The Morgan fingerprint density at radius 1 is 1.29 bits per heavy atom. The lowest BCUT2D eigenvalue weighted by atomic mass is 10.3. The summed E-state index contributed by atoms with van der Waals surface area (Å²) in [7, 11) is 0. The Kier molecular flexibility index (Phi) is 3.97. The second-order valence-corrected chi connectivity index (χ2v) is 4.96. The number of nitrogens with one attached hydrogen (secondary N) is 1. The lowest BCUT2D eigenvalue weighted by Gasteiger charge is -2.09. The van der Waals surface area contributed by atoms with Crippen molar-refractivity contribution in [2.75, 3.05) is 5.32 Å². The van der Waals surface area contributed by atoms with Crippen LogP contribution in [0.2, 0.25) is 10.0 Å². The van der Waals surface area contributed by atoms with E-state index in [1.165, 1.54) is 12.1 Å². The highest BCUT2D eigenvalue weighted by atomic mass is 79.9. The third-order valence-corrected chi connectivity index (χ3v) is 3.43. The topological polar surface area (TPSA) is 25.2 Å². The molecular weight excluding hydrogens is 332 g/mol. The van der Waals surface area contributed by atoms with Gasteiger partial charge in [0.2, 0.25) is 0 Å². The molecule has 0 aliphatic rings. The number of benzene rings is 1. The monoisotopic (exact) mass is 337 g/mol. The van der Waals surface area contributed by atoms with Crippen LogP contribution >= 0.6 is 39.1 Å². The first-order chi connectivity index (χ1) is 8.08. The number of halogens is 4. The van der Waals surface area contributed by atoms with Crippen LogP contribution in [0, 0.1) is 5.82 Å². The Morgan fingerprint density at radius 2 is 1.94 bits per heavy atom. The highest BCUT2D eigenvalue weighted by Crippen LogP contribution is 2.32. The molecule has 0 unspecified atom stereocenters. The van der Waals surface area contributed by atoms with Crippen molar-refractivity contribution in [3.8, 4) is 0 Å². The maximum Gasteiger partial charge on any atom is 0.136 e. The molecule has 2 aromatic rings. The molecule has 0 atom stereocenters. The first-order valence-corrected chi connectivity index (χ1v) is 6.23. The fourth-order valence-electron chi connectivity index (χ4n) is 1.33. The van der Waals surface area contributed by atoms with E-state index in [0.29, 0.717) is 18.0 Å². The van der Waals surface area contributed by atoms with Crippen LogP contribution < -0.4 is 5.32 Å². The molecule has 2 nitrogen and oxygen atoms in total. The summed E-state index contributed by atoms with van der Waals surface area (Å²) in [4.78, 5) is 0. The molecule has 0 radical (unpaired) electrons. The Labute approximate surface area is 116 Å². The van der Waals surface area contributed by atoms with Crippen molar-refractivity contribution in [1.29, 1.82) is 0 Å². The third-order valence-electron chi connectivity index (χ3n) is 2.12. The van der Waals surface area contributed by atoms with Crippen LogP contribution in [0.25, 0.3) is 0 Å². The Balaban J connectivity index is 2.17. The Morgan fingerprint density at radius 3 is 2.47 bits per heavy atom. The molecule has 0 spiro atoms. The van der Waals surface area contributed by atoms with Crippen LogP contribution in [0.1, 0.15) is 5.76 Å². The molecule has 0 aliphatic heterocycles. The molecule has 0 saturated heterocycles. The lowest BCUT2D eigenvalue weighted by Crippen LogP contribution is -2.00.